The molecule has 0 radical (unpaired) electrons. The predicted molar refractivity (Wildman–Crippen MR) is 143 cm³/mol. The second-order valence-electron chi connectivity index (χ2n) is 9.06. The first-order valence-corrected chi connectivity index (χ1v) is 12.8. The Balaban J connectivity index is 1.72. The van der Waals surface area contributed by atoms with Gasteiger partial charge in [-0.3, -0.25) is 9.59 Å². The van der Waals surface area contributed by atoms with Crippen molar-refractivity contribution in [2.45, 2.75) is 45.7 Å². The van der Waals surface area contributed by atoms with Crippen molar-refractivity contribution >= 4 is 17.4 Å². The minimum atomic E-state index is -0.735. The number of ether oxygens (including phenoxy) is 2. The third-order valence-corrected chi connectivity index (χ3v) is 6.30. The highest BCUT2D eigenvalue weighted by Gasteiger charge is 2.46. The van der Waals surface area contributed by atoms with Gasteiger partial charge >= 0.3 is 0 Å². The van der Waals surface area contributed by atoms with E-state index in [1.807, 2.05) is 61.5 Å². The Hall–Kier alpha value is -4.06. The molecule has 1 saturated heterocycles. The summed E-state index contributed by atoms with van der Waals surface area (Å²) in [4.78, 5) is 28.1. The van der Waals surface area contributed by atoms with E-state index < -0.39 is 17.7 Å². The van der Waals surface area contributed by atoms with Crippen molar-refractivity contribution in [2.24, 2.45) is 0 Å². The molecule has 1 atom stereocenters. The molecule has 1 aliphatic heterocycles. The summed E-state index contributed by atoms with van der Waals surface area (Å²) in [6.45, 7) is 5.59. The van der Waals surface area contributed by atoms with Crippen molar-refractivity contribution in [3.05, 3.63) is 101 Å². The zero-order valence-corrected chi connectivity index (χ0v) is 21.4. The summed E-state index contributed by atoms with van der Waals surface area (Å²) in [5, 5.41) is 11.3. The van der Waals surface area contributed by atoms with E-state index in [0.717, 1.165) is 36.1 Å². The Bertz CT molecular complexity index is 1230. The molecule has 3 aromatic carbocycles. The highest BCUT2D eigenvalue weighted by molar-refractivity contribution is 6.46. The first kappa shape index (κ1) is 26.0. The molecule has 1 amide bonds. The topological polar surface area (TPSA) is 76.1 Å². The number of likely N-dealkylation sites (tertiary alicyclic amines) is 1. The maximum Gasteiger partial charge on any atom is 0.295 e. The highest BCUT2D eigenvalue weighted by Crippen LogP contribution is 2.40. The first-order chi connectivity index (χ1) is 18.0. The van der Waals surface area contributed by atoms with Crippen LogP contribution >= 0.6 is 0 Å². The van der Waals surface area contributed by atoms with E-state index in [1.54, 1.807) is 24.3 Å². The monoisotopic (exact) mass is 499 g/mol. The van der Waals surface area contributed by atoms with Gasteiger partial charge in [0.05, 0.1) is 24.8 Å². The molecule has 1 unspecified atom stereocenters. The van der Waals surface area contributed by atoms with Crippen LogP contribution in [0.5, 0.6) is 11.5 Å². The van der Waals surface area contributed by atoms with E-state index in [9.17, 15) is 14.7 Å². The molecule has 1 fully saturated rings. The normalized spacial score (nSPS) is 16.7. The van der Waals surface area contributed by atoms with Crippen LogP contribution < -0.4 is 9.47 Å². The molecular weight excluding hydrogens is 466 g/mol. The Morgan fingerprint density at radius 1 is 0.811 bits per heavy atom. The Morgan fingerprint density at radius 3 is 2.05 bits per heavy atom. The van der Waals surface area contributed by atoms with Crippen molar-refractivity contribution in [3.8, 4) is 11.5 Å². The molecule has 0 aromatic heterocycles. The summed E-state index contributed by atoms with van der Waals surface area (Å²) in [6, 6.07) is 23.1. The summed E-state index contributed by atoms with van der Waals surface area (Å²) >= 11 is 0. The Kier molecular flexibility index (Phi) is 8.62. The fourth-order valence-electron chi connectivity index (χ4n) is 4.33. The number of hydrogen-bond donors (Lipinski definition) is 1. The molecule has 1 N–H and O–H groups in total. The van der Waals surface area contributed by atoms with Gasteiger partial charge in [0.25, 0.3) is 11.7 Å². The van der Waals surface area contributed by atoms with Gasteiger partial charge in [-0.25, -0.2) is 0 Å². The average Bonchev–Trinajstić information content (AvgIpc) is 3.18. The molecule has 3 aromatic rings. The van der Waals surface area contributed by atoms with Gasteiger partial charge in [0.1, 0.15) is 17.3 Å². The summed E-state index contributed by atoms with van der Waals surface area (Å²) in [5.41, 5.74) is 2.14. The predicted octanol–water partition coefficient (Wildman–Crippen LogP) is 6.28. The number of ketones is 1. The number of amides is 1. The number of Topliss-reactive ketones (excluding diaryl/α,β-unsaturated/α-hetero) is 1. The lowest BCUT2D eigenvalue weighted by atomic mass is 9.95. The Labute approximate surface area is 218 Å². The molecule has 1 aliphatic rings. The number of aliphatic hydroxyl groups excluding tert-OH is 1. The molecule has 0 bridgehead atoms. The van der Waals surface area contributed by atoms with Crippen molar-refractivity contribution < 1.29 is 24.2 Å². The van der Waals surface area contributed by atoms with Crippen LogP contribution in [0.25, 0.3) is 5.76 Å². The largest absolute Gasteiger partial charge is 0.507 e. The number of hydrogen-bond acceptors (Lipinski definition) is 5. The van der Waals surface area contributed by atoms with Gasteiger partial charge in [-0.05, 0) is 60.4 Å². The standard InChI is InChI=1S/C31H33NO5/c1-3-5-20-37-26-15-11-23(12-16-26)28-27(29(33)24-13-17-25(18-14-24)36-19-4-2)30(34)31(35)32(28)21-22-9-7-6-8-10-22/h6-18,28,33H,3-5,19-21H2,1-2H3. The van der Waals surface area contributed by atoms with E-state index >= 15 is 0 Å². The van der Waals surface area contributed by atoms with Crippen LogP contribution in [-0.2, 0) is 16.1 Å². The molecule has 1 heterocycles. The fraction of sp³-hybridized carbons (Fsp3) is 0.290. The van der Waals surface area contributed by atoms with Crippen LogP contribution in [0.1, 0.15) is 55.8 Å². The third kappa shape index (κ3) is 6.02. The molecule has 0 spiro atoms. The second kappa shape index (κ2) is 12.3. The maximum atomic E-state index is 13.3. The van der Waals surface area contributed by atoms with Crippen LogP contribution in [0.4, 0.5) is 0 Å². The van der Waals surface area contributed by atoms with E-state index in [1.165, 1.54) is 4.90 Å². The summed E-state index contributed by atoms with van der Waals surface area (Å²) in [7, 11) is 0. The number of rotatable bonds is 11. The van der Waals surface area contributed by atoms with Crippen LogP contribution in [0.2, 0.25) is 0 Å². The van der Waals surface area contributed by atoms with E-state index in [-0.39, 0.29) is 17.9 Å². The van der Waals surface area contributed by atoms with Gasteiger partial charge in [0.2, 0.25) is 0 Å². The van der Waals surface area contributed by atoms with Gasteiger partial charge in [0.15, 0.2) is 0 Å². The fourth-order valence-corrected chi connectivity index (χ4v) is 4.33. The lowest BCUT2D eigenvalue weighted by Crippen LogP contribution is -2.29. The lowest BCUT2D eigenvalue weighted by molar-refractivity contribution is -0.140. The summed E-state index contributed by atoms with van der Waals surface area (Å²) < 4.78 is 11.4. The summed E-state index contributed by atoms with van der Waals surface area (Å²) in [6.07, 6.45) is 2.88. The third-order valence-electron chi connectivity index (χ3n) is 6.30. The molecule has 4 rings (SSSR count). The SMILES string of the molecule is CCCCOc1ccc(C2C(=C(O)c3ccc(OCCC)cc3)C(=O)C(=O)N2Cc2ccccc2)cc1. The number of carbonyl (C=O) groups is 2. The average molecular weight is 500 g/mol. The minimum Gasteiger partial charge on any atom is -0.507 e. The molecule has 192 valence electrons. The number of benzene rings is 3. The zero-order valence-electron chi connectivity index (χ0n) is 21.4. The molecule has 0 saturated carbocycles. The van der Waals surface area contributed by atoms with Crippen LogP contribution in [0.3, 0.4) is 0 Å². The molecule has 6 heteroatoms. The first-order valence-electron chi connectivity index (χ1n) is 12.8. The number of nitrogens with zero attached hydrogens (tertiary/aromatic N) is 1. The zero-order chi connectivity index (χ0) is 26.2. The quantitative estimate of drug-likeness (QED) is 0.146. The lowest BCUT2D eigenvalue weighted by Gasteiger charge is -2.25. The van der Waals surface area contributed by atoms with E-state index in [4.69, 9.17) is 9.47 Å². The second-order valence-corrected chi connectivity index (χ2v) is 9.06. The van der Waals surface area contributed by atoms with Crippen molar-refractivity contribution in [1.29, 1.82) is 0 Å². The van der Waals surface area contributed by atoms with Crippen LogP contribution in [0, 0.1) is 0 Å². The van der Waals surface area contributed by atoms with Gasteiger partial charge in [-0.1, -0.05) is 62.7 Å². The van der Waals surface area contributed by atoms with Gasteiger partial charge in [0, 0.05) is 12.1 Å². The number of unbranched alkanes of at least 4 members (excludes halogenated alkanes) is 1. The van der Waals surface area contributed by atoms with Gasteiger partial charge < -0.3 is 19.5 Å². The molecular formula is C31H33NO5. The highest BCUT2D eigenvalue weighted by atomic mass is 16.5. The Morgan fingerprint density at radius 2 is 1.43 bits per heavy atom. The maximum absolute atomic E-state index is 13.3. The molecule has 0 aliphatic carbocycles. The van der Waals surface area contributed by atoms with Gasteiger partial charge in [-0.15, -0.1) is 0 Å². The molecule has 37 heavy (non-hydrogen) atoms. The summed E-state index contributed by atoms with van der Waals surface area (Å²) in [5.74, 6) is -0.142. The van der Waals surface area contributed by atoms with Crippen LogP contribution in [0.15, 0.2) is 84.4 Å². The number of aliphatic hydroxyl groups is 1. The smallest absolute Gasteiger partial charge is 0.295 e. The molecule has 6 nitrogen and oxygen atoms in total. The minimum absolute atomic E-state index is 0.0720. The van der Waals surface area contributed by atoms with E-state index in [0.29, 0.717) is 24.5 Å². The van der Waals surface area contributed by atoms with Gasteiger partial charge in [-0.2, -0.15) is 0 Å². The van der Waals surface area contributed by atoms with Crippen LogP contribution in [-0.4, -0.2) is 34.9 Å². The van der Waals surface area contributed by atoms with E-state index in [2.05, 4.69) is 6.92 Å². The van der Waals surface area contributed by atoms with Crippen molar-refractivity contribution in [2.75, 3.05) is 13.2 Å². The number of carbonyl (C=O) groups excluding carboxylic acids is 2. The van der Waals surface area contributed by atoms with Crippen molar-refractivity contribution in [3.63, 3.8) is 0 Å². The van der Waals surface area contributed by atoms with Crippen molar-refractivity contribution in [1.82, 2.24) is 4.90 Å².